The van der Waals surface area contributed by atoms with E-state index in [1.807, 2.05) is 4.90 Å². The van der Waals surface area contributed by atoms with E-state index in [0.29, 0.717) is 41.9 Å². The average molecular weight is 430 g/mol. The molecule has 0 radical (unpaired) electrons. The smallest absolute Gasteiger partial charge is 0.255 e. The van der Waals surface area contributed by atoms with Gasteiger partial charge in [0.2, 0.25) is 10.0 Å². The fraction of sp³-hybridized carbons (Fsp3) is 0.364. The molecule has 1 heterocycles. The molecule has 2 amide bonds. The molecule has 0 spiro atoms. The molecule has 3 rings (SSSR count). The molecular formula is C22H27N3O4S. The van der Waals surface area contributed by atoms with Gasteiger partial charge in [-0.05, 0) is 48.6 Å². The van der Waals surface area contributed by atoms with Gasteiger partial charge in [0, 0.05) is 24.3 Å². The van der Waals surface area contributed by atoms with Crippen molar-refractivity contribution in [3.05, 3.63) is 59.7 Å². The van der Waals surface area contributed by atoms with E-state index < -0.39 is 15.9 Å². The average Bonchev–Trinajstić information content (AvgIpc) is 2.66. The predicted molar refractivity (Wildman–Crippen MR) is 118 cm³/mol. The molecule has 0 aromatic heterocycles. The fourth-order valence-corrected chi connectivity index (χ4v) is 4.47. The summed E-state index contributed by atoms with van der Waals surface area (Å²) >= 11 is 0. The molecule has 2 aromatic rings. The van der Waals surface area contributed by atoms with E-state index in [0.717, 1.165) is 12.7 Å². The molecule has 0 saturated carbocycles. The third-order valence-corrected chi connectivity index (χ3v) is 5.60. The number of para-hydroxylation sites is 1. The van der Waals surface area contributed by atoms with Crippen LogP contribution in [0.2, 0.25) is 0 Å². The van der Waals surface area contributed by atoms with Crippen molar-refractivity contribution in [2.24, 2.45) is 11.8 Å². The molecule has 0 aliphatic carbocycles. The lowest BCUT2D eigenvalue weighted by atomic mass is 9.91. The number of piperidine rings is 1. The molecule has 1 saturated heterocycles. The molecule has 7 nitrogen and oxygen atoms in total. The second kappa shape index (κ2) is 8.87. The Bertz CT molecular complexity index is 1040. The molecule has 8 heteroatoms. The van der Waals surface area contributed by atoms with Gasteiger partial charge in [0.25, 0.3) is 11.8 Å². The van der Waals surface area contributed by atoms with E-state index in [4.69, 9.17) is 0 Å². The predicted octanol–water partition coefficient (Wildman–Crippen LogP) is 3.43. The van der Waals surface area contributed by atoms with Crippen LogP contribution in [0, 0.1) is 11.8 Å². The number of benzene rings is 2. The van der Waals surface area contributed by atoms with Crippen LogP contribution in [0.1, 0.15) is 41.0 Å². The van der Waals surface area contributed by atoms with Gasteiger partial charge in [-0.3, -0.25) is 14.3 Å². The Hall–Kier alpha value is -2.87. The summed E-state index contributed by atoms with van der Waals surface area (Å²) in [6, 6.07) is 13.1. The number of anilines is 2. The minimum absolute atomic E-state index is 0.100. The van der Waals surface area contributed by atoms with E-state index in [2.05, 4.69) is 23.9 Å². The molecule has 1 aliphatic rings. The maximum absolute atomic E-state index is 13.1. The minimum Gasteiger partial charge on any atom is -0.338 e. The maximum atomic E-state index is 13.1. The standard InChI is InChI=1S/C22H27N3O4S/c1-15-11-16(2)14-25(13-15)22(27)19-9-4-5-10-20(19)23-21(26)17-7-6-8-18(12-17)24-30(3,28)29/h4-10,12,15-16,24H,11,13-14H2,1-3H3,(H,23,26)/t15-,16+. The highest BCUT2D eigenvalue weighted by molar-refractivity contribution is 7.92. The van der Waals surface area contributed by atoms with Crippen molar-refractivity contribution in [2.75, 3.05) is 29.4 Å². The molecular weight excluding hydrogens is 402 g/mol. The lowest BCUT2D eigenvalue weighted by Crippen LogP contribution is -2.42. The Morgan fingerprint density at radius 2 is 1.67 bits per heavy atom. The van der Waals surface area contributed by atoms with Gasteiger partial charge in [-0.15, -0.1) is 0 Å². The summed E-state index contributed by atoms with van der Waals surface area (Å²) in [4.78, 5) is 27.8. The fourth-order valence-electron chi connectivity index (χ4n) is 3.91. The number of sulfonamides is 1. The minimum atomic E-state index is -3.45. The number of carbonyl (C=O) groups excluding carboxylic acids is 2. The van der Waals surface area contributed by atoms with Crippen molar-refractivity contribution in [3.63, 3.8) is 0 Å². The van der Waals surface area contributed by atoms with E-state index in [-0.39, 0.29) is 11.5 Å². The van der Waals surface area contributed by atoms with Crippen molar-refractivity contribution in [2.45, 2.75) is 20.3 Å². The SMILES string of the molecule is C[C@@H]1C[C@H](C)CN(C(=O)c2ccccc2NC(=O)c2cccc(NS(C)(=O)=O)c2)C1. The highest BCUT2D eigenvalue weighted by Crippen LogP contribution is 2.25. The number of nitrogens with zero attached hydrogens (tertiary/aromatic N) is 1. The topological polar surface area (TPSA) is 95.6 Å². The first kappa shape index (κ1) is 21.8. The summed E-state index contributed by atoms with van der Waals surface area (Å²) in [6.45, 7) is 5.68. The molecule has 1 fully saturated rings. The molecule has 2 N–H and O–H groups in total. The lowest BCUT2D eigenvalue weighted by molar-refractivity contribution is 0.0624. The van der Waals surface area contributed by atoms with Gasteiger partial charge in [-0.25, -0.2) is 8.42 Å². The van der Waals surface area contributed by atoms with Crippen molar-refractivity contribution in [1.82, 2.24) is 4.90 Å². The Balaban J connectivity index is 1.80. The van der Waals surface area contributed by atoms with Crippen molar-refractivity contribution in [1.29, 1.82) is 0 Å². The Kier molecular flexibility index (Phi) is 6.45. The van der Waals surface area contributed by atoms with Gasteiger partial charge in [0.05, 0.1) is 17.5 Å². The molecule has 30 heavy (non-hydrogen) atoms. The zero-order valence-electron chi connectivity index (χ0n) is 17.4. The molecule has 2 atom stereocenters. The summed E-state index contributed by atoms with van der Waals surface area (Å²) in [7, 11) is -3.45. The van der Waals surface area contributed by atoms with Gasteiger partial charge in [-0.2, -0.15) is 0 Å². The largest absolute Gasteiger partial charge is 0.338 e. The molecule has 2 aromatic carbocycles. The first-order valence-corrected chi connectivity index (χ1v) is 11.8. The normalized spacial score (nSPS) is 19.2. The van der Waals surface area contributed by atoms with Crippen LogP contribution in [-0.4, -0.2) is 44.5 Å². The number of hydrogen-bond acceptors (Lipinski definition) is 4. The Morgan fingerprint density at radius 1 is 1.00 bits per heavy atom. The number of nitrogens with one attached hydrogen (secondary N) is 2. The van der Waals surface area contributed by atoms with Crippen molar-refractivity contribution >= 4 is 33.2 Å². The van der Waals surface area contributed by atoms with Crippen LogP contribution in [0.4, 0.5) is 11.4 Å². The van der Waals surface area contributed by atoms with E-state index in [1.165, 1.54) is 6.07 Å². The summed E-state index contributed by atoms with van der Waals surface area (Å²) in [5, 5.41) is 2.80. The molecule has 160 valence electrons. The van der Waals surface area contributed by atoms with Gasteiger partial charge in [0.1, 0.15) is 0 Å². The van der Waals surface area contributed by atoms with Gasteiger partial charge < -0.3 is 10.2 Å². The summed E-state index contributed by atoms with van der Waals surface area (Å²) in [6.07, 6.45) is 2.14. The van der Waals surface area contributed by atoms with Crippen LogP contribution < -0.4 is 10.0 Å². The van der Waals surface area contributed by atoms with Gasteiger partial charge in [0.15, 0.2) is 0 Å². The van der Waals surface area contributed by atoms with E-state index >= 15 is 0 Å². The quantitative estimate of drug-likeness (QED) is 0.761. The van der Waals surface area contributed by atoms with Crippen molar-refractivity contribution < 1.29 is 18.0 Å². The first-order chi connectivity index (χ1) is 14.1. The van der Waals surface area contributed by atoms with Crippen LogP contribution in [0.25, 0.3) is 0 Å². The van der Waals surface area contributed by atoms with E-state index in [9.17, 15) is 18.0 Å². The second-order valence-electron chi connectivity index (χ2n) is 8.11. The number of likely N-dealkylation sites (tertiary alicyclic amines) is 1. The third-order valence-electron chi connectivity index (χ3n) is 4.99. The first-order valence-electron chi connectivity index (χ1n) is 9.90. The molecule has 1 aliphatic heterocycles. The number of rotatable bonds is 5. The molecule has 0 bridgehead atoms. The van der Waals surface area contributed by atoms with Crippen LogP contribution in [-0.2, 0) is 10.0 Å². The Morgan fingerprint density at radius 3 is 2.33 bits per heavy atom. The van der Waals surface area contributed by atoms with Gasteiger partial charge >= 0.3 is 0 Å². The highest BCUT2D eigenvalue weighted by atomic mass is 32.2. The van der Waals surface area contributed by atoms with Crippen LogP contribution >= 0.6 is 0 Å². The molecule has 0 unspecified atom stereocenters. The van der Waals surface area contributed by atoms with Crippen LogP contribution in [0.3, 0.4) is 0 Å². The highest BCUT2D eigenvalue weighted by Gasteiger charge is 2.27. The summed E-state index contributed by atoms with van der Waals surface area (Å²) in [5.74, 6) is 0.346. The zero-order chi connectivity index (χ0) is 21.9. The maximum Gasteiger partial charge on any atom is 0.255 e. The van der Waals surface area contributed by atoms with Crippen LogP contribution in [0.5, 0.6) is 0 Å². The summed E-state index contributed by atoms with van der Waals surface area (Å²) < 4.78 is 25.2. The third kappa shape index (κ3) is 5.60. The monoisotopic (exact) mass is 429 g/mol. The number of amides is 2. The Labute approximate surface area is 177 Å². The van der Waals surface area contributed by atoms with E-state index in [1.54, 1.807) is 42.5 Å². The van der Waals surface area contributed by atoms with Crippen molar-refractivity contribution in [3.8, 4) is 0 Å². The van der Waals surface area contributed by atoms with Gasteiger partial charge in [-0.1, -0.05) is 32.0 Å². The summed E-state index contributed by atoms with van der Waals surface area (Å²) in [5.41, 5.74) is 1.45. The lowest BCUT2D eigenvalue weighted by Gasteiger charge is -2.35. The number of carbonyl (C=O) groups is 2. The second-order valence-corrected chi connectivity index (χ2v) is 9.86. The van der Waals surface area contributed by atoms with Crippen LogP contribution in [0.15, 0.2) is 48.5 Å². The number of hydrogen-bond donors (Lipinski definition) is 2. The zero-order valence-corrected chi connectivity index (χ0v) is 18.2.